The Hall–Kier alpha value is -2.01. The molecule has 4 N–H and O–H groups in total. The Balaban J connectivity index is 2.16. The summed E-state index contributed by atoms with van der Waals surface area (Å²) in [6, 6.07) is 7.28. The van der Waals surface area contributed by atoms with Crippen LogP contribution < -0.4 is 5.73 Å². The number of carbonyl (C=O) groups excluding carboxylic acids is 1. The summed E-state index contributed by atoms with van der Waals surface area (Å²) in [4.78, 5) is 16.9. The van der Waals surface area contributed by atoms with Crippen LogP contribution >= 0.6 is 0 Å². The highest BCUT2D eigenvalue weighted by Gasteiger charge is 2.14. The molecule has 0 spiro atoms. The molecule has 0 aliphatic carbocycles. The Labute approximate surface area is 112 Å². The molecule has 1 atom stereocenters. The van der Waals surface area contributed by atoms with Gasteiger partial charge in [0.05, 0.1) is 6.10 Å². The van der Waals surface area contributed by atoms with E-state index in [1.54, 1.807) is 31.0 Å². The van der Waals surface area contributed by atoms with Crippen molar-refractivity contribution in [1.82, 2.24) is 9.88 Å². The number of nitrogens with one attached hydrogen (secondary N) is 1. The van der Waals surface area contributed by atoms with Gasteiger partial charge in [-0.05, 0) is 37.6 Å². The van der Waals surface area contributed by atoms with Gasteiger partial charge >= 0.3 is 0 Å². The number of H-pyrrole nitrogens is 1. The van der Waals surface area contributed by atoms with E-state index < -0.39 is 6.10 Å². The van der Waals surface area contributed by atoms with Crippen LogP contribution in [0.15, 0.2) is 24.3 Å². The molecular weight excluding hydrogens is 242 g/mol. The van der Waals surface area contributed by atoms with Crippen molar-refractivity contribution in [2.24, 2.45) is 0 Å². The number of fused-ring (bicyclic) bond motifs is 1. The average Bonchev–Trinajstić information content (AvgIpc) is 2.77. The number of rotatable bonds is 4. The molecule has 2 rings (SSSR count). The van der Waals surface area contributed by atoms with Crippen LogP contribution in [0.5, 0.6) is 0 Å². The topological polar surface area (TPSA) is 82.3 Å². The number of nitrogens with two attached hydrogens (primary N) is 1. The summed E-state index contributed by atoms with van der Waals surface area (Å²) in [5.41, 5.74) is 7.81. The van der Waals surface area contributed by atoms with Gasteiger partial charge < -0.3 is 20.7 Å². The van der Waals surface area contributed by atoms with Gasteiger partial charge in [-0.2, -0.15) is 0 Å². The molecule has 1 amide bonds. The van der Waals surface area contributed by atoms with Crippen LogP contribution in [0.2, 0.25) is 0 Å². The number of hydrogen-bond donors (Lipinski definition) is 3. The fourth-order valence-corrected chi connectivity index (χ4v) is 1.95. The Morgan fingerprint density at radius 2 is 2.21 bits per heavy atom. The highest BCUT2D eigenvalue weighted by molar-refractivity contribution is 5.98. The lowest BCUT2D eigenvalue weighted by Crippen LogP contribution is -2.29. The number of carbonyl (C=O) groups is 1. The third-order valence-corrected chi connectivity index (χ3v) is 3.10. The van der Waals surface area contributed by atoms with Gasteiger partial charge in [0.25, 0.3) is 5.91 Å². The third-order valence-electron chi connectivity index (χ3n) is 3.10. The minimum Gasteiger partial charge on any atom is -0.399 e. The molecule has 0 fully saturated rings. The molecule has 0 saturated heterocycles. The molecule has 2 aromatic rings. The summed E-state index contributed by atoms with van der Waals surface area (Å²) < 4.78 is 0. The van der Waals surface area contributed by atoms with E-state index in [1.807, 2.05) is 12.1 Å². The standard InChI is InChI=1S/C14H19N3O2/c1-9(18)5-6-17(2)14(19)13-8-10-7-11(15)3-4-12(10)16-13/h3-4,7-9,16,18H,5-6,15H2,1-2H3. The van der Waals surface area contributed by atoms with Crippen molar-refractivity contribution in [3.8, 4) is 0 Å². The number of benzene rings is 1. The van der Waals surface area contributed by atoms with E-state index in [-0.39, 0.29) is 5.91 Å². The first-order valence-corrected chi connectivity index (χ1v) is 6.29. The third kappa shape index (κ3) is 3.06. The minimum atomic E-state index is -0.405. The second-order valence-corrected chi connectivity index (χ2v) is 4.89. The van der Waals surface area contributed by atoms with E-state index in [4.69, 9.17) is 5.73 Å². The van der Waals surface area contributed by atoms with Gasteiger partial charge in [0.15, 0.2) is 0 Å². The molecule has 5 nitrogen and oxygen atoms in total. The zero-order chi connectivity index (χ0) is 14.0. The Bertz CT molecular complexity index is 589. The Morgan fingerprint density at radius 1 is 1.47 bits per heavy atom. The molecule has 0 bridgehead atoms. The lowest BCUT2D eigenvalue weighted by Gasteiger charge is -2.17. The van der Waals surface area contributed by atoms with Crippen molar-refractivity contribution in [1.29, 1.82) is 0 Å². The molecule has 0 aliphatic rings. The zero-order valence-corrected chi connectivity index (χ0v) is 11.2. The summed E-state index contributed by atoms with van der Waals surface area (Å²) in [6.45, 7) is 2.23. The molecule has 1 heterocycles. The monoisotopic (exact) mass is 261 g/mol. The van der Waals surface area contributed by atoms with Crippen molar-refractivity contribution in [3.05, 3.63) is 30.0 Å². The summed E-state index contributed by atoms with van der Waals surface area (Å²) in [6.07, 6.45) is 0.160. The van der Waals surface area contributed by atoms with E-state index in [2.05, 4.69) is 4.98 Å². The van der Waals surface area contributed by atoms with E-state index in [0.717, 1.165) is 10.9 Å². The van der Waals surface area contributed by atoms with E-state index in [1.165, 1.54) is 0 Å². The van der Waals surface area contributed by atoms with Gasteiger partial charge in [-0.1, -0.05) is 0 Å². The van der Waals surface area contributed by atoms with Gasteiger partial charge in [0.2, 0.25) is 0 Å². The van der Waals surface area contributed by atoms with Crippen molar-refractivity contribution < 1.29 is 9.90 Å². The van der Waals surface area contributed by atoms with Gasteiger partial charge in [0, 0.05) is 30.2 Å². The number of nitrogen functional groups attached to an aromatic ring is 1. The van der Waals surface area contributed by atoms with E-state index in [0.29, 0.717) is 24.3 Å². The van der Waals surface area contributed by atoms with Crippen LogP contribution in [0.4, 0.5) is 5.69 Å². The fourth-order valence-electron chi connectivity index (χ4n) is 1.95. The first kappa shape index (κ1) is 13.4. The largest absolute Gasteiger partial charge is 0.399 e. The van der Waals surface area contributed by atoms with Crippen molar-refractivity contribution >= 4 is 22.5 Å². The second kappa shape index (κ2) is 5.32. The van der Waals surface area contributed by atoms with Crippen LogP contribution in [-0.2, 0) is 0 Å². The first-order valence-electron chi connectivity index (χ1n) is 6.29. The molecule has 1 aromatic heterocycles. The number of anilines is 1. The van der Waals surface area contributed by atoms with E-state index >= 15 is 0 Å². The van der Waals surface area contributed by atoms with Crippen molar-refractivity contribution in [2.75, 3.05) is 19.3 Å². The summed E-state index contributed by atoms with van der Waals surface area (Å²) in [7, 11) is 1.73. The lowest BCUT2D eigenvalue weighted by atomic mass is 10.2. The van der Waals surface area contributed by atoms with Gasteiger partial charge in [-0.25, -0.2) is 0 Å². The second-order valence-electron chi connectivity index (χ2n) is 4.89. The SMILES string of the molecule is CC(O)CCN(C)C(=O)c1cc2cc(N)ccc2[nH]1. The number of aromatic nitrogens is 1. The maximum Gasteiger partial charge on any atom is 0.270 e. The smallest absolute Gasteiger partial charge is 0.270 e. The van der Waals surface area contributed by atoms with Crippen molar-refractivity contribution in [3.63, 3.8) is 0 Å². The predicted octanol–water partition coefficient (Wildman–Crippen LogP) is 1.59. The molecule has 5 heteroatoms. The average molecular weight is 261 g/mol. The van der Waals surface area contributed by atoms with E-state index in [9.17, 15) is 9.90 Å². The highest BCUT2D eigenvalue weighted by atomic mass is 16.3. The summed E-state index contributed by atoms with van der Waals surface area (Å²) in [5, 5.41) is 10.2. The summed E-state index contributed by atoms with van der Waals surface area (Å²) in [5.74, 6) is -0.0876. The minimum absolute atomic E-state index is 0.0876. The molecular formula is C14H19N3O2. The number of nitrogens with zero attached hydrogens (tertiary/aromatic N) is 1. The number of hydrogen-bond acceptors (Lipinski definition) is 3. The van der Waals surface area contributed by atoms with Gasteiger partial charge in [-0.3, -0.25) is 4.79 Å². The van der Waals surface area contributed by atoms with Gasteiger partial charge in [-0.15, -0.1) is 0 Å². The van der Waals surface area contributed by atoms with Crippen LogP contribution in [0.1, 0.15) is 23.8 Å². The van der Waals surface area contributed by atoms with Crippen LogP contribution in [-0.4, -0.2) is 40.6 Å². The number of amides is 1. The van der Waals surface area contributed by atoms with Crippen LogP contribution in [0.3, 0.4) is 0 Å². The molecule has 1 aromatic carbocycles. The lowest BCUT2D eigenvalue weighted by molar-refractivity contribution is 0.0764. The Kier molecular flexibility index (Phi) is 3.76. The maximum atomic E-state index is 12.2. The summed E-state index contributed by atoms with van der Waals surface area (Å²) >= 11 is 0. The molecule has 0 radical (unpaired) electrons. The van der Waals surface area contributed by atoms with Gasteiger partial charge in [0.1, 0.15) is 5.69 Å². The first-order chi connectivity index (χ1) is 8.97. The highest BCUT2D eigenvalue weighted by Crippen LogP contribution is 2.19. The maximum absolute atomic E-state index is 12.2. The molecule has 0 saturated carbocycles. The predicted molar refractivity (Wildman–Crippen MR) is 76.0 cm³/mol. The molecule has 1 unspecified atom stereocenters. The normalized spacial score (nSPS) is 12.6. The van der Waals surface area contributed by atoms with Crippen molar-refractivity contribution in [2.45, 2.75) is 19.4 Å². The van der Waals surface area contributed by atoms with Crippen LogP contribution in [0, 0.1) is 0 Å². The molecule has 102 valence electrons. The molecule has 19 heavy (non-hydrogen) atoms. The number of aliphatic hydroxyl groups excluding tert-OH is 1. The molecule has 0 aliphatic heterocycles. The number of aliphatic hydroxyl groups is 1. The quantitative estimate of drug-likeness (QED) is 0.731. The Morgan fingerprint density at radius 3 is 2.89 bits per heavy atom. The number of aromatic amines is 1. The zero-order valence-electron chi connectivity index (χ0n) is 11.2. The fraction of sp³-hybridized carbons (Fsp3) is 0.357. The van der Waals surface area contributed by atoms with Crippen LogP contribution in [0.25, 0.3) is 10.9 Å².